The third kappa shape index (κ3) is 2.77. The van der Waals surface area contributed by atoms with Crippen LogP contribution in [0.25, 0.3) is 0 Å². The lowest BCUT2D eigenvalue weighted by Gasteiger charge is -2.29. The molecule has 2 rings (SSSR count). The molecule has 0 fully saturated rings. The number of aromatic nitrogens is 2. The van der Waals surface area contributed by atoms with E-state index in [0.29, 0.717) is 25.3 Å². The molecule has 19 heavy (non-hydrogen) atoms. The van der Waals surface area contributed by atoms with Crippen LogP contribution in [0.4, 0.5) is 4.79 Å². The van der Waals surface area contributed by atoms with Crippen LogP contribution < -0.4 is 0 Å². The van der Waals surface area contributed by atoms with Crippen LogP contribution in [0.3, 0.4) is 0 Å². The Morgan fingerprint density at radius 1 is 1.42 bits per heavy atom. The maximum absolute atomic E-state index is 12.0. The highest BCUT2D eigenvalue weighted by molar-refractivity contribution is 5.71. The first-order chi connectivity index (χ1) is 8.81. The van der Waals surface area contributed by atoms with Crippen molar-refractivity contribution in [2.24, 2.45) is 7.05 Å². The molecule has 0 saturated heterocycles. The molecule has 2 heterocycles. The first kappa shape index (κ1) is 13.6. The van der Waals surface area contributed by atoms with Crippen LogP contribution in [0, 0.1) is 0 Å². The highest BCUT2D eigenvalue weighted by Crippen LogP contribution is 2.20. The first-order valence-electron chi connectivity index (χ1n) is 6.29. The summed E-state index contributed by atoms with van der Waals surface area (Å²) in [6.45, 7) is 6.49. The van der Waals surface area contributed by atoms with Crippen LogP contribution in [-0.2, 0) is 24.8 Å². The molecule has 1 amide bonds. The third-order valence-corrected chi connectivity index (χ3v) is 3.05. The molecule has 0 bridgehead atoms. The van der Waals surface area contributed by atoms with Gasteiger partial charge in [-0.2, -0.15) is 0 Å². The number of fused-ring (bicyclic) bond motifs is 1. The van der Waals surface area contributed by atoms with Gasteiger partial charge >= 0.3 is 6.09 Å². The summed E-state index contributed by atoms with van der Waals surface area (Å²) in [5, 5.41) is 0. The normalized spacial score (nSPS) is 15.1. The quantitative estimate of drug-likeness (QED) is 0.722. The standard InChI is InChI=1S/C13H19N3O3/c1-13(2,3)19-12(18)16-6-5-10-9(7-16)14-11(8-17)15(10)4/h8H,5-7H2,1-4H3. The number of carbonyl (C=O) groups excluding carboxylic acids is 2. The van der Waals surface area contributed by atoms with Crippen molar-refractivity contribution in [3.63, 3.8) is 0 Å². The van der Waals surface area contributed by atoms with Gasteiger partial charge in [-0.05, 0) is 20.8 Å². The van der Waals surface area contributed by atoms with E-state index in [1.165, 1.54) is 0 Å². The first-order valence-corrected chi connectivity index (χ1v) is 6.29. The second-order valence-corrected chi connectivity index (χ2v) is 5.69. The molecule has 104 valence electrons. The Bertz CT molecular complexity index is 514. The van der Waals surface area contributed by atoms with Crippen LogP contribution in [0.15, 0.2) is 0 Å². The fourth-order valence-electron chi connectivity index (χ4n) is 2.14. The Morgan fingerprint density at radius 2 is 2.11 bits per heavy atom. The summed E-state index contributed by atoms with van der Waals surface area (Å²) in [4.78, 5) is 28.7. The Morgan fingerprint density at radius 3 is 2.68 bits per heavy atom. The van der Waals surface area contributed by atoms with Gasteiger partial charge in [-0.1, -0.05) is 0 Å². The van der Waals surface area contributed by atoms with Crippen molar-refractivity contribution in [1.29, 1.82) is 0 Å². The largest absolute Gasteiger partial charge is 0.444 e. The van der Waals surface area contributed by atoms with E-state index in [9.17, 15) is 9.59 Å². The van der Waals surface area contributed by atoms with Gasteiger partial charge in [-0.3, -0.25) is 4.79 Å². The highest BCUT2D eigenvalue weighted by atomic mass is 16.6. The minimum absolute atomic E-state index is 0.337. The van der Waals surface area contributed by atoms with Crippen molar-refractivity contribution in [3.05, 3.63) is 17.2 Å². The molecular formula is C13H19N3O3. The van der Waals surface area contributed by atoms with E-state index in [-0.39, 0.29) is 6.09 Å². The summed E-state index contributed by atoms with van der Waals surface area (Å²) >= 11 is 0. The smallest absolute Gasteiger partial charge is 0.410 e. The number of aldehydes is 1. The Kier molecular flexibility index (Phi) is 3.34. The zero-order chi connectivity index (χ0) is 14.2. The van der Waals surface area contributed by atoms with Gasteiger partial charge in [-0.15, -0.1) is 0 Å². The summed E-state index contributed by atoms with van der Waals surface area (Å²) in [7, 11) is 1.82. The van der Waals surface area contributed by atoms with E-state index in [1.54, 1.807) is 9.47 Å². The van der Waals surface area contributed by atoms with Crippen molar-refractivity contribution in [2.45, 2.75) is 39.3 Å². The Labute approximate surface area is 112 Å². The van der Waals surface area contributed by atoms with Crippen molar-refractivity contribution in [1.82, 2.24) is 14.5 Å². The zero-order valence-corrected chi connectivity index (χ0v) is 11.8. The lowest BCUT2D eigenvalue weighted by atomic mass is 10.1. The maximum atomic E-state index is 12.0. The zero-order valence-electron chi connectivity index (χ0n) is 11.8. The van der Waals surface area contributed by atoms with Gasteiger partial charge in [0.25, 0.3) is 0 Å². The summed E-state index contributed by atoms with van der Waals surface area (Å²) in [6.07, 6.45) is 1.08. The second kappa shape index (κ2) is 4.68. The van der Waals surface area contributed by atoms with Gasteiger partial charge in [-0.25, -0.2) is 9.78 Å². The summed E-state index contributed by atoms with van der Waals surface area (Å²) in [5.41, 5.74) is 1.29. The van der Waals surface area contributed by atoms with Crippen molar-refractivity contribution in [2.75, 3.05) is 6.54 Å². The predicted octanol–water partition coefficient (Wildman–Crippen LogP) is 1.53. The molecule has 0 spiro atoms. The van der Waals surface area contributed by atoms with Crippen LogP contribution in [0.2, 0.25) is 0 Å². The fraction of sp³-hybridized carbons (Fsp3) is 0.615. The molecule has 0 saturated carbocycles. The number of nitrogens with zero attached hydrogens (tertiary/aromatic N) is 3. The summed E-state index contributed by atoms with van der Waals surface area (Å²) < 4.78 is 7.12. The van der Waals surface area contributed by atoms with Gasteiger partial charge < -0.3 is 14.2 Å². The highest BCUT2D eigenvalue weighted by Gasteiger charge is 2.28. The number of amides is 1. The maximum Gasteiger partial charge on any atom is 0.410 e. The van der Waals surface area contributed by atoms with Crippen molar-refractivity contribution >= 4 is 12.4 Å². The predicted molar refractivity (Wildman–Crippen MR) is 68.9 cm³/mol. The van der Waals surface area contributed by atoms with Gasteiger partial charge in [0.2, 0.25) is 0 Å². The average Bonchev–Trinajstić information content (AvgIpc) is 2.63. The molecule has 1 aromatic heterocycles. The molecule has 0 N–H and O–H groups in total. The van der Waals surface area contributed by atoms with Crippen molar-refractivity contribution in [3.8, 4) is 0 Å². The molecule has 0 unspecified atom stereocenters. The van der Waals surface area contributed by atoms with Crippen molar-refractivity contribution < 1.29 is 14.3 Å². The Hall–Kier alpha value is -1.85. The number of rotatable bonds is 1. The molecule has 1 aliphatic rings. The fourth-order valence-corrected chi connectivity index (χ4v) is 2.14. The lowest BCUT2D eigenvalue weighted by molar-refractivity contribution is 0.0220. The molecule has 0 aromatic carbocycles. The van der Waals surface area contributed by atoms with Crippen LogP contribution in [0.1, 0.15) is 42.8 Å². The molecule has 1 aromatic rings. The summed E-state index contributed by atoms with van der Waals surface area (Å²) in [6, 6.07) is 0. The molecule has 6 nitrogen and oxygen atoms in total. The van der Waals surface area contributed by atoms with Gasteiger partial charge in [0.05, 0.1) is 12.2 Å². The molecular weight excluding hydrogens is 246 g/mol. The topological polar surface area (TPSA) is 64.4 Å². The SMILES string of the molecule is Cn1c(C=O)nc2c1CCN(C(=O)OC(C)(C)C)C2. The molecule has 0 atom stereocenters. The van der Waals surface area contributed by atoms with Crippen LogP contribution >= 0.6 is 0 Å². The van der Waals surface area contributed by atoms with E-state index in [1.807, 2.05) is 27.8 Å². The Balaban J connectivity index is 2.14. The molecule has 6 heteroatoms. The van der Waals surface area contributed by atoms with Crippen LogP contribution in [0.5, 0.6) is 0 Å². The third-order valence-electron chi connectivity index (χ3n) is 3.05. The minimum atomic E-state index is -0.505. The summed E-state index contributed by atoms with van der Waals surface area (Å²) in [5.74, 6) is 0.399. The number of imidazole rings is 1. The lowest BCUT2D eigenvalue weighted by Crippen LogP contribution is -2.40. The van der Waals surface area contributed by atoms with E-state index in [2.05, 4.69) is 4.98 Å². The number of ether oxygens (including phenoxy) is 1. The molecule has 0 radical (unpaired) electrons. The van der Waals surface area contributed by atoms with Gasteiger partial charge in [0.15, 0.2) is 12.1 Å². The molecule has 1 aliphatic heterocycles. The van der Waals surface area contributed by atoms with E-state index >= 15 is 0 Å². The number of carbonyl (C=O) groups is 2. The molecule has 0 aliphatic carbocycles. The van der Waals surface area contributed by atoms with Gasteiger partial charge in [0.1, 0.15) is 5.60 Å². The monoisotopic (exact) mass is 265 g/mol. The van der Waals surface area contributed by atoms with Crippen LogP contribution in [-0.4, -0.2) is 39.0 Å². The van der Waals surface area contributed by atoms with E-state index in [0.717, 1.165) is 17.7 Å². The second-order valence-electron chi connectivity index (χ2n) is 5.69. The van der Waals surface area contributed by atoms with E-state index in [4.69, 9.17) is 4.74 Å². The average molecular weight is 265 g/mol. The minimum Gasteiger partial charge on any atom is -0.444 e. The number of hydrogen-bond acceptors (Lipinski definition) is 4. The number of hydrogen-bond donors (Lipinski definition) is 0. The van der Waals surface area contributed by atoms with Gasteiger partial charge in [0, 0.05) is 25.7 Å². The van der Waals surface area contributed by atoms with E-state index < -0.39 is 5.60 Å².